The first-order valence-corrected chi connectivity index (χ1v) is 10.7. The molecule has 1 N–H and O–H groups in total. The minimum Gasteiger partial charge on any atom is -0.475 e. The van der Waals surface area contributed by atoms with Gasteiger partial charge < -0.3 is 14.5 Å². The average Bonchev–Trinajstić information content (AvgIpc) is 3.37. The normalized spacial score (nSPS) is 16.6. The number of hydrogen-bond acceptors (Lipinski definition) is 5. The number of pyridine rings is 2. The summed E-state index contributed by atoms with van der Waals surface area (Å²) in [5.41, 5.74) is 5.57. The molecule has 1 saturated heterocycles. The van der Waals surface area contributed by atoms with Gasteiger partial charge in [-0.2, -0.15) is 5.10 Å². The number of rotatable bonds is 4. The van der Waals surface area contributed by atoms with Crippen LogP contribution in [-0.2, 0) is 4.74 Å². The number of hydrogen-bond donors (Lipinski definition) is 1. The maximum Gasteiger partial charge on any atom is 0.259 e. The van der Waals surface area contributed by atoms with Gasteiger partial charge in [0.15, 0.2) is 0 Å². The van der Waals surface area contributed by atoms with Gasteiger partial charge in [0, 0.05) is 29.3 Å². The first kappa shape index (κ1) is 19.8. The predicted octanol–water partition coefficient (Wildman–Crippen LogP) is 4.31. The Bertz CT molecular complexity index is 1320. The van der Waals surface area contributed by atoms with Crippen molar-refractivity contribution in [2.75, 3.05) is 13.2 Å². The highest BCUT2D eigenvalue weighted by atomic mass is 16.5. The van der Waals surface area contributed by atoms with E-state index in [-0.39, 0.29) is 17.7 Å². The smallest absolute Gasteiger partial charge is 0.259 e. The number of H-pyrrole nitrogens is 1. The average molecular weight is 418 g/mol. The highest BCUT2D eigenvalue weighted by Gasteiger charge is 2.22. The number of nitrogens with one attached hydrogen (secondary N) is 1. The molecule has 7 nitrogen and oxygen atoms in total. The Hall–Kier alpha value is -3.19. The van der Waals surface area contributed by atoms with Gasteiger partial charge in [-0.15, -0.1) is 0 Å². The zero-order valence-electron chi connectivity index (χ0n) is 18.2. The zero-order chi connectivity index (χ0) is 21.7. The van der Waals surface area contributed by atoms with Gasteiger partial charge in [0.1, 0.15) is 0 Å². The van der Waals surface area contributed by atoms with Crippen molar-refractivity contribution in [3.63, 3.8) is 0 Å². The third-order valence-electron chi connectivity index (χ3n) is 5.83. The molecule has 0 saturated carbocycles. The second-order valence-electron chi connectivity index (χ2n) is 8.49. The summed E-state index contributed by atoms with van der Waals surface area (Å²) in [7, 11) is 0. The van der Waals surface area contributed by atoms with Gasteiger partial charge in [-0.05, 0) is 51.3 Å². The summed E-state index contributed by atoms with van der Waals surface area (Å²) in [6.07, 6.45) is 2.63. The van der Waals surface area contributed by atoms with Gasteiger partial charge in [-0.25, -0.2) is 4.98 Å². The molecular formula is C24H26N4O3. The lowest BCUT2D eigenvalue weighted by Gasteiger charge is -2.15. The second-order valence-corrected chi connectivity index (χ2v) is 8.49. The van der Waals surface area contributed by atoms with Crippen LogP contribution in [0.4, 0.5) is 0 Å². The molecule has 1 fully saturated rings. The Labute approximate surface area is 180 Å². The molecule has 1 aliphatic rings. The SMILES string of the molecule is Cc1cc(OC(C)C)nc(C)c1-c1ccc2c(c1)[nH]c(=O)c1cnn([C@H]3CCOC3)c12. The first-order chi connectivity index (χ1) is 14.9. The van der Waals surface area contributed by atoms with E-state index in [9.17, 15) is 4.79 Å². The molecule has 1 aliphatic heterocycles. The van der Waals surface area contributed by atoms with Crippen LogP contribution in [0.25, 0.3) is 32.9 Å². The molecule has 0 spiro atoms. The number of aromatic nitrogens is 4. The summed E-state index contributed by atoms with van der Waals surface area (Å²) in [6.45, 7) is 9.37. The van der Waals surface area contributed by atoms with Crippen molar-refractivity contribution in [3.8, 4) is 17.0 Å². The lowest BCUT2D eigenvalue weighted by atomic mass is 9.98. The fourth-order valence-electron chi connectivity index (χ4n) is 4.52. The van der Waals surface area contributed by atoms with E-state index in [2.05, 4.69) is 34.1 Å². The van der Waals surface area contributed by atoms with Crippen molar-refractivity contribution < 1.29 is 9.47 Å². The minimum absolute atomic E-state index is 0.0698. The van der Waals surface area contributed by atoms with Crippen LogP contribution >= 0.6 is 0 Å². The van der Waals surface area contributed by atoms with Crippen molar-refractivity contribution in [2.24, 2.45) is 0 Å². The van der Waals surface area contributed by atoms with Crippen LogP contribution in [0.2, 0.25) is 0 Å². The molecule has 1 aromatic carbocycles. The third-order valence-corrected chi connectivity index (χ3v) is 5.83. The molecule has 0 bridgehead atoms. The maximum absolute atomic E-state index is 12.8. The third kappa shape index (κ3) is 3.39. The Morgan fingerprint density at radius 1 is 1.23 bits per heavy atom. The van der Waals surface area contributed by atoms with Crippen LogP contribution in [-0.4, -0.2) is 39.1 Å². The van der Waals surface area contributed by atoms with Gasteiger partial charge in [-0.3, -0.25) is 9.48 Å². The quantitative estimate of drug-likeness (QED) is 0.534. The highest BCUT2D eigenvalue weighted by molar-refractivity contribution is 6.04. The van der Waals surface area contributed by atoms with Crippen LogP contribution in [0, 0.1) is 13.8 Å². The van der Waals surface area contributed by atoms with Crippen LogP contribution in [0.1, 0.15) is 37.6 Å². The van der Waals surface area contributed by atoms with Crippen molar-refractivity contribution in [1.29, 1.82) is 0 Å². The number of ether oxygens (including phenoxy) is 2. The van der Waals surface area contributed by atoms with E-state index in [0.29, 0.717) is 17.9 Å². The fraction of sp³-hybridized carbons (Fsp3) is 0.375. The molecule has 160 valence electrons. The number of aryl methyl sites for hydroxylation is 2. The maximum atomic E-state index is 12.8. The second kappa shape index (κ2) is 7.50. The standard InChI is InChI=1S/C24H26N4O3/c1-13(2)31-21-9-14(3)22(15(4)26-21)16-5-6-18-20(10-16)27-24(29)19-11-25-28(23(18)19)17-7-8-30-12-17/h5-6,9-11,13,17H,7-8,12H2,1-4H3,(H,27,29)/t17-/m0/s1. The molecule has 0 unspecified atom stereocenters. The lowest BCUT2D eigenvalue weighted by Crippen LogP contribution is -2.12. The number of aromatic amines is 1. The first-order valence-electron chi connectivity index (χ1n) is 10.7. The van der Waals surface area contributed by atoms with Gasteiger partial charge >= 0.3 is 0 Å². The monoisotopic (exact) mass is 418 g/mol. The summed E-state index contributed by atoms with van der Waals surface area (Å²) in [4.78, 5) is 20.5. The molecule has 0 radical (unpaired) electrons. The zero-order valence-corrected chi connectivity index (χ0v) is 18.2. The van der Waals surface area contributed by atoms with Crippen molar-refractivity contribution >= 4 is 21.8 Å². The predicted molar refractivity (Wildman–Crippen MR) is 121 cm³/mol. The summed E-state index contributed by atoms with van der Waals surface area (Å²) >= 11 is 0. The summed E-state index contributed by atoms with van der Waals surface area (Å²) in [5.74, 6) is 0.632. The van der Waals surface area contributed by atoms with E-state index in [1.165, 1.54) is 0 Å². The van der Waals surface area contributed by atoms with Gasteiger partial charge in [0.05, 0.1) is 41.4 Å². The van der Waals surface area contributed by atoms with Crippen LogP contribution in [0.5, 0.6) is 5.88 Å². The number of benzene rings is 1. The molecule has 4 heterocycles. The minimum atomic E-state index is -0.128. The van der Waals surface area contributed by atoms with Gasteiger partial charge in [0.25, 0.3) is 5.56 Å². The fourth-order valence-corrected chi connectivity index (χ4v) is 4.52. The Morgan fingerprint density at radius 3 is 2.77 bits per heavy atom. The molecule has 0 aliphatic carbocycles. The van der Waals surface area contributed by atoms with Crippen LogP contribution in [0.15, 0.2) is 35.3 Å². The highest BCUT2D eigenvalue weighted by Crippen LogP contribution is 2.33. The molecule has 4 aromatic rings. The van der Waals surface area contributed by atoms with E-state index >= 15 is 0 Å². The molecule has 1 atom stereocenters. The lowest BCUT2D eigenvalue weighted by molar-refractivity contribution is 0.185. The molecule has 0 amide bonds. The van der Waals surface area contributed by atoms with E-state index < -0.39 is 0 Å². The number of fused-ring (bicyclic) bond motifs is 3. The molecule has 3 aromatic heterocycles. The van der Waals surface area contributed by atoms with Crippen molar-refractivity contribution in [1.82, 2.24) is 19.7 Å². The van der Waals surface area contributed by atoms with E-state index in [4.69, 9.17) is 9.47 Å². The molecule has 5 rings (SSSR count). The van der Waals surface area contributed by atoms with Crippen LogP contribution in [0.3, 0.4) is 0 Å². The molecular weight excluding hydrogens is 392 g/mol. The van der Waals surface area contributed by atoms with E-state index in [1.807, 2.05) is 37.6 Å². The Kier molecular flexibility index (Phi) is 4.78. The van der Waals surface area contributed by atoms with E-state index in [1.54, 1.807) is 6.20 Å². The van der Waals surface area contributed by atoms with E-state index in [0.717, 1.165) is 51.8 Å². The van der Waals surface area contributed by atoms with Crippen molar-refractivity contribution in [2.45, 2.75) is 46.3 Å². The van der Waals surface area contributed by atoms with Gasteiger partial charge in [0.2, 0.25) is 5.88 Å². The summed E-state index contributed by atoms with van der Waals surface area (Å²) in [5, 5.41) is 6.11. The number of nitrogens with zero attached hydrogens (tertiary/aromatic N) is 3. The van der Waals surface area contributed by atoms with Crippen LogP contribution < -0.4 is 10.3 Å². The topological polar surface area (TPSA) is 82.0 Å². The Morgan fingerprint density at radius 2 is 2.06 bits per heavy atom. The van der Waals surface area contributed by atoms with Crippen molar-refractivity contribution in [3.05, 3.63) is 52.1 Å². The van der Waals surface area contributed by atoms with Gasteiger partial charge in [-0.1, -0.05) is 12.1 Å². The Balaban J connectivity index is 1.67. The summed E-state index contributed by atoms with van der Waals surface area (Å²) < 4.78 is 13.3. The largest absolute Gasteiger partial charge is 0.475 e. The molecule has 7 heteroatoms. The molecule has 31 heavy (non-hydrogen) atoms. The summed E-state index contributed by atoms with van der Waals surface area (Å²) in [6, 6.07) is 8.30.